The molecule has 328 valence electrons. The average Bonchev–Trinajstić information content (AvgIpc) is 3.40. The Hall–Kier alpha value is -7.04. The third-order valence-electron chi connectivity index (χ3n) is 11.2. The van der Waals surface area contributed by atoms with Crippen LogP contribution in [0, 0.1) is 0 Å². The standard InChI is InChI=1S/C53H46O.2C2H6.3CH2O/c54-52(46-19-11-4-12-20-46)47-27-35-51(36-28-47)53(48-29-21-43(22-30-48)37-40-13-5-1-6-14-40,49-31-23-44(24-32-49)38-41-15-7-2-8-16-41)50-33-25-45(26-34-50)39-42-17-9-3-10-18-42;5*1-2/h1-9,11-17,19-23,25-31,33-36H,10,18,24,32,37-39H2;2*1-2H3;3*1H2. The maximum absolute atomic E-state index is 13.6. The summed E-state index contributed by atoms with van der Waals surface area (Å²) in [5.74, 6) is 0.0413. The molecule has 0 saturated heterocycles. The average molecular weight is 849 g/mol. The molecule has 0 N–H and O–H groups in total. The molecular weight excluding hydrogens is 785 g/mol. The summed E-state index contributed by atoms with van der Waals surface area (Å²) in [6.45, 7) is 14.0. The Labute approximate surface area is 382 Å². The number of rotatable bonds is 12. The second kappa shape index (κ2) is 28.5. The maximum Gasteiger partial charge on any atom is 0.193 e. The quantitative estimate of drug-likeness (QED) is 0.0909. The van der Waals surface area contributed by atoms with Crippen molar-refractivity contribution in [3.8, 4) is 0 Å². The second-order valence-corrected chi connectivity index (χ2v) is 14.7. The topological polar surface area (TPSA) is 68.3 Å². The van der Waals surface area contributed by atoms with Crippen LogP contribution in [0.3, 0.4) is 0 Å². The molecule has 8 rings (SSSR count). The Balaban J connectivity index is 0.00000102. The number of carbonyl (C=O) groups excluding carboxylic acids is 4. The van der Waals surface area contributed by atoms with Gasteiger partial charge in [-0.1, -0.05) is 239 Å². The largest absolute Gasteiger partial charge is 0.307 e. The van der Waals surface area contributed by atoms with Crippen molar-refractivity contribution in [1.82, 2.24) is 0 Å². The Morgan fingerprint density at radius 3 is 1.25 bits per heavy atom. The SMILES string of the molecule is C=O.C=O.C=O.CC.CC.O=C(c1ccccc1)c1ccc(C(C2=CC=C(Cc3ccccc3)CC2)(c2ccc(CC3=CC=CCC3)cc2)c2ccc(Cc3ccccc3)cc2)cc1. The zero-order valence-electron chi connectivity index (χ0n) is 38.2. The van der Waals surface area contributed by atoms with Gasteiger partial charge in [-0.25, -0.2) is 0 Å². The molecule has 4 heteroatoms. The van der Waals surface area contributed by atoms with Crippen molar-refractivity contribution >= 4 is 26.2 Å². The van der Waals surface area contributed by atoms with Gasteiger partial charge in [-0.2, -0.15) is 0 Å². The fraction of sp³-hybridized carbons (Fsp3) is 0.200. The summed E-state index contributed by atoms with van der Waals surface area (Å²) in [4.78, 5) is 37.6. The molecular formula is C60H64O4. The third kappa shape index (κ3) is 13.5. The molecule has 0 aromatic heterocycles. The Morgan fingerprint density at radius 1 is 0.422 bits per heavy atom. The van der Waals surface area contributed by atoms with E-state index < -0.39 is 5.41 Å². The Bertz CT molecular complexity index is 2370. The first-order valence-corrected chi connectivity index (χ1v) is 22.2. The second-order valence-electron chi connectivity index (χ2n) is 14.7. The highest BCUT2D eigenvalue weighted by Gasteiger charge is 2.40. The van der Waals surface area contributed by atoms with E-state index in [4.69, 9.17) is 14.4 Å². The molecule has 64 heavy (non-hydrogen) atoms. The van der Waals surface area contributed by atoms with Gasteiger partial charge in [-0.3, -0.25) is 4.79 Å². The summed E-state index contributed by atoms with van der Waals surface area (Å²) in [5, 5.41) is 0. The number of hydrogen-bond acceptors (Lipinski definition) is 4. The fourth-order valence-corrected chi connectivity index (χ4v) is 8.32. The molecule has 0 heterocycles. The van der Waals surface area contributed by atoms with Crippen LogP contribution >= 0.6 is 0 Å². The maximum atomic E-state index is 13.6. The summed E-state index contributed by atoms with van der Waals surface area (Å²) < 4.78 is 0. The number of carbonyl (C=O) groups is 4. The van der Waals surface area contributed by atoms with E-state index in [-0.39, 0.29) is 5.78 Å². The molecule has 0 radical (unpaired) electrons. The van der Waals surface area contributed by atoms with Crippen molar-refractivity contribution < 1.29 is 19.2 Å². The highest BCUT2D eigenvalue weighted by molar-refractivity contribution is 6.09. The predicted molar refractivity (Wildman–Crippen MR) is 268 cm³/mol. The molecule has 2 aliphatic carbocycles. The van der Waals surface area contributed by atoms with Crippen molar-refractivity contribution in [3.63, 3.8) is 0 Å². The van der Waals surface area contributed by atoms with Crippen LogP contribution in [-0.4, -0.2) is 26.2 Å². The van der Waals surface area contributed by atoms with E-state index in [1.165, 1.54) is 55.7 Å². The summed E-state index contributed by atoms with van der Waals surface area (Å²) in [6.07, 6.45) is 18.5. The molecule has 0 bridgehead atoms. The van der Waals surface area contributed by atoms with E-state index in [1.807, 2.05) is 90.5 Å². The van der Waals surface area contributed by atoms with Crippen molar-refractivity contribution in [2.24, 2.45) is 0 Å². The van der Waals surface area contributed by atoms with Crippen LogP contribution in [0.25, 0.3) is 0 Å². The molecule has 1 unspecified atom stereocenters. The Kier molecular flexibility index (Phi) is 22.9. The smallest absolute Gasteiger partial charge is 0.193 e. The van der Waals surface area contributed by atoms with Gasteiger partial charge < -0.3 is 14.4 Å². The van der Waals surface area contributed by atoms with Gasteiger partial charge in [0, 0.05) is 11.1 Å². The highest BCUT2D eigenvalue weighted by Crippen LogP contribution is 2.49. The van der Waals surface area contributed by atoms with Crippen LogP contribution in [0.2, 0.25) is 0 Å². The van der Waals surface area contributed by atoms with Gasteiger partial charge in [0.25, 0.3) is 0 Å². The molecule has 1 atom stereocenters. The van der Waals surface area contributed by atoms with E-state index in [2.05, 4.69) is 152 Å². The van der Waals surface area contributed by atoms with Gasteiger partial charge in [0.05, 0.1) is 5.41 Å². The molecule has 0 aliphatic heterocycles. The van der Waals surface area contributed by atoms with Crippen molar-refractivity contribution in [2.45, 2.75) is 78.1 Å². The van der Waals surface area contributed by atoms with Crippen molar-refractivity contribution in [2.75, 3.05) is 0 Å². The highest BCUT2D eigenvalue weighted by atomic mass is 16.1. The first kappa shape index (κ1) is 51.3. The zero-order chi connectivity index (χ0) is 46.6. The van der Waals surface area contributed by atoms with Crippen LogP contribution < -0.4 is 0 Å². The molecule has 0 spiro atoms. The molecule has 6 aromatic rings. The van der Waals surface area contributed by atoms with Crippen LogP contribution in [0.15, 0.2) is 211 Å². The monoisotopic (exact) mass is 848 g/mol. The van der Waals surface area contributed by atoms with Crippen LogP contribution in [0.1, 0.15) is 108 Å². The van der Waals surface area contributed by atoms with Gasteiger partial charge in [0.1, 0.15) is 20.4 Å². The predicted octanol–water partition coefficient (Wildman–Crippen LogP) is 14.0. The van der Waals surface area contributed by atoms with E-state index >= 15 is 0 Å². The normalized spacial score (nSPS) is 13.1. The molecule has 0 amide bonds. The molecule has 0 saturated carbocycles. The van der Waals surface area contributed by atoms with Crippen LogP contribution in [0.5, 0.6) is 0 Å². The van der Waals surface area contributed by atoms with Crippen LogP contribution in [0.4, 0.5) is 0 Å². The minimum atomic E-state index is -0.556. The first-order chi connectivity index (χ1) is 31.6. The zero-order valence-corrected chi connectivity index (χ0v) is 38.2. The van der Waals surface area contributed by atoms with Crippen molar-refractivity contribution in [3.05, 3.63) is 261 Å². The van der Waals surface area contributed by atoms with E-state index in [1.54, 1.807) is 0 Å². The first-order valence-electron chi connectivity index (χ1n) is 22.2. The lowest BCUT2D eigenvalue weighted by Crippen LogP contribution is -2.33. The van der Waals surface area contributed by atoms with Gasteiger partial charge in [-0.15, -0.1) is 0 Å². The number of hydrogen-bond donors (Lipinski definition) is 0. The van der Waals surface area contributed by atoms with E-state index in [0.29, 0.717) is 11.1 Å². The fourth-order valence-electron chi connectivity index (χ4n) is 8.32. The lowest BCUT2D eigenvalue weighted by molar-refractivity contribution is -0.0987. The molecule has 0 fully saturated rings. The molecule has 4 nitrogen and oxygen atoms in total. The van der Waals surface area contributed by atoms with Gasteiger partial charge in [0.2, 0.25) is 0 Å². The van der Waals surface area contributed by atoms with Gasteiger partial charge >= 0.3 is 0 Å². The van der Waals surface area contributed by atoms with Gasteiger partial charge in [0.15, 0.2) is 5.78 Å². The summed E-state index contributed by atoms with van der Waals surface area (Å²) in [5.41, 5.74) is 14.1. The van der Waals surface area contributed by atoms with E-state index in [0.717, 1.165) is 44.9 Å². The summed E-state index contributed by atoms with van der Waals surface area (Å²) in [7, 11) is 0. The van der Waals surface area contributed by atoms with Crippen molar-refractivity contribution in [1.29, 1.82) is 0 Å². The number of ketones is 1. The van der Waals surface area contributed by atoms with Gasteiger partial charge in [-0.05, 0) is 83.9 Å². The minimum Gasteiger partial charge on any atom is -0.307 e. The lowest BCUT2D eigenvalue weighted by Gasteiger charge is -2.40. The lowest BCUT2D eigenvalue weighted by atomic mass is 9.62. The number of benzene rings is 6. The minimum absolute atomic E-state index is 0.0413. The summed E-state index contributed by atoms with van der Waals surface area (Å²) >= 11 is 0. The molecule has 6 aromatic carbocycles. The van der Waals surface area contributed by atoms with E-state index in [9.17, 15) is 4.79 Å². The number of allylic oxidation sites excluding steroid dienone is 8. The molecule has 2 aliphatic rings. The van der Waals surface area contributed by atoms with Crippen LogP contribution in [-0.2, 0) is 39.1 Å². The Morgan fingerprint density at radius 2 is 0.812 bits per heavy atom. The summed E-state index contributed by atoms with van der Waals surface area (Å²) in [6, 6.07) is 58.2. The third-order valence-corrected chi connectivity index (χ3v) is 11.2.